The van der Waals surface area contributed by atoms with Gasteiger partial charge in [-0.1, -0.05) is 20.8 Å². The normalized spacial score (nSPS) is 17.0. The van der Waals surface area contributed by atoms with Gasteiger partial charge in [0.2, 0.25) is 11.8 Å². The van der Waals surface area contributed by atoms with E-state index in [1.807, 2.05) is 20.8 Å². The Balaban J connectivity index is 0.00000289. The summed E-state index contributed by atoms with van der Waals surface area (Å²) in [5, 5.41) is 2.61. The average Bonchev–Trinajstić information content (AvgIpc) is 2.76. The van der Waals surface area contributed by atoms with Gasteiger partial charge in [-0.15, -0.1) is 12.4 Å². The molecule has 1 aliphatic heterocycles. The lowest BCUT2D eigenvalue weighted by molar-refractivity contribution is -0.133. The number of nitrogens with one attached hydrogen (secondary N) is 1. The molecule has 1 fully saturated rings. The summed E-state index contributed by atoms with van der Waals surface area (Å²) in [6.07, 6.45) is 2.11. The van der Waals surface area contributed by atoms with E-state index in [4.69, 9.17) is 5.73 Å². The molecule has 0 saturated carbocycles. The fourth-order valence-electron chi connectivity index (χ4n) is 1.74. The molecular weight excluding hydrogens is 254 g/mol. The van der Waals surface area contributed by atoms with Crippen LogP contribution in [-0.4, -0.2) is 42.4 Å². The van der Waals surface area contributed by atoms with E-state index in [1.165, 1.54) is 0 Å². The molecule has 1 rings (SSSR count). The molecule has 1 aliphatic rings. The monoisotopic (exact) mass is 277 g/mol. The van der Waals surface area contributed by atoms with E-state index in [1.54, 1.807) is 4.90 Å². The molecule has 5 nitrogen and oxygen atoms in total. The quantitative estimate of drug-likeness (QED) is 0.790. The maximum atomic E-state index is 11.7. The Bertz CT molecular complexity index is 296. The van der Waals surface area contributed by atoms with Crippen LogP contribution in [-0.2, 0) is 9.59 Å². The van der Waals surface area contributed by atoms with Gasteiger partial charge in [-0.25, -0.2) is 0 Å². The Morgan fingerprint density at radius 3 is 2.22 bits per heavy atom. The van der Waals surface area contributed by atoms with Crippen molar-refractivity contribution in [2.75, 3.05) is 19.6 Å². The lowest BCUT2D eigenvalue weighted by Crippen LogP contribution is -2.50. The minimum absolute atomic E-state index is 0. The molecule has 0 unspecified atom stereocenters. The van der Waals surface area contributed by atoms with Gasteiger partial charge in [0.15, 0.2) is 0 Å². The summed E-state index contributed by atoms with van der Waals surface area (Å²) < 4.78 is 0. The second kappa shape index (κ2) is 6.95. The number of likely N-dealkylation sites (tertiary alicyclic amines) is 1. The largest absolute Gasteiger partial charge is 0.346 e. The standard InChI is InChI=1S/C12H23N3O2.ClH/c1-12(2,3)10(13)11(17)14-8-9(16)15-6-4-5-7-15;/h10H,4-8,13H2,1-3H3,(H,14,17);1H/t10-;/m1./s1. The van der Waals surface area contributed by atoms with E-state index >= 15 is 0 Å². The second-order valence-corrected chi connectivity index (χ2v) is 5.65. The van der Waals surface area contributed by atoms with Crippen molar-refractivity contribution in [3.05, 3.63) is 0 Å². The average molecular weight is 278 g/mol. The van der Waals surface area contributed by atoms with Gasteiger partial charge >= 0.3 is 0 Å². The Labute approximate surface area is 115 Å². The van der Waals surface area contributed by atoms with Crippen LogP contribution in [0, 0.1) is 5.41 Å². The van der Waals surface area contributed by atoms with Crippen molar-refractivity contribution in [3.63, 3.8) is 0 Å². The molecule has 0 radical (unpaired) electrons. The molecule has 0 aromatic heterocycles. The zero-order valence-corrected chi connectivity index (χ0v) is 12.2. The molecule has 6 heteroatoms. The topological polar surface area (TPSA) is 75.4 Å². The van der Waals surface area contributed by atoms with Crippen LogP contribution < -0.4 is 11.1 Å². The first-order valence-electron chi connectivity index (χ1n) is 6.13. The number of nitrogens with zero attached hydrogens (tertiary/aromatic N) is 1. The highest BCUT2D eigenvalue weighted by atomic mass is 35.5. The summed E-state index contributed by atoms with van der Waals surface area (Å²) >= 11 is 0. The third-order valence-electron chi connectivity index (χ3n) is 3.09. The van der Waals surface area contributed by atoms with Crippen molar-refractivity contribution < 1.29 is 9.59 Å². The Hall–Kier alpha value is -0.810. The molecule has 106 valence electrons. The first-order valence-corrected chi connectivity index (χ1v) is 6.13. The van der Waals surface area contributed by atoms with Crippen LogP contribution in [0.2, 0.25) is 0 Å². The summed E-state index contributed by atoms with van der Waals surface area (Å²) in [6, 6.07) is -0.589. The van der Waals surface area contributed by atoms with E-state index < -0.39 is 6.04 Å². The van der Waals surface area contributed by atoms with Crippen LogP contribution in [0.5, 0.6) is 0 Å². The maximum Gasteiger partial charge on any atom is 0.241 e. The van der Waals surface area contributed by atoms with Gasteiger partial charge in [0, 0.05) is 13.1 Å². The van der Waals surface area contributed by atoms with Crippen LogP contribution in [0.4, 0.5) is 0 Å². The summed E-state index contributed by atoms with van der Waals surface area (Å²) in [4.78, 5) is 25.2. The van der Waals surface area contributed by atoms with E-state index in [-0.39, 0.29) is 36.2 Å². The molecule has 1 saturated heterocycles. The number of hydrogen-bond donors (Lipinski definition) is 2. The van der Waals surface area contributed by atoms with Crippen molar-refractivity contribution in [2.24, 2.45) is 11.1 Å². The van der Waals surface area contributed by atoms with E-state index in [9.17, 15) is 9.59 Å². The predicted molar refractivity (Wildman–Crippen MR) is 73.5 cm³/mol. The minimum atomic E-state index is -0.589. The Kier molecular flexibility index (Phi) is 6.63. The minimum Gasteiger partial charge on any atom is -0.346 e. The number of halogens is 1. The highest BCUT2D eigenvalue weighted by molar-refractivity contribution is 5.87. The van der Waals surface area contributed by atoms with Crippen molar-refractivity contribution in [1.82, 2.24) is 10.2 Å². The highest BCUT2D eigenvalue weighted by Crippen LogP contribution is 2.17. The molecule has 0 spiro atoms. The lowest BCUT2D eigenvalue weighted by Gasteiger charge is -2.26. The molecule has 0 aliphatic carbocycles. The first kappa shape index (κ1) is 17.2. The number of rotatable bonds is 3. The molecule has 0 aromatic rings. The van der Waals surface area contributed by atoms with Gasteiger partial charge in [0.1, 0.15) is 0 Å². The molecule has 0 aromatic carbocycles. The van der Waals surface area contributed by atoms with Gasteiger partial charge in [-0.3, -0.25) is 9.59 Å². The van der Waals surface area contributed by atoms with Gasteiger partial charge in [0.05, 0.1) is 12.6 Å². The van der Waals surface area contributed by atoms with Crippen LogP contribution in [0.25, 0.3) is 0 Å². The summed E-state index contributed by atoms with van der Waals surface area (Å²) in [7, 11) is 0. The van der Waals surface area contributed by atoms with Crippen LogP contribution in [0.3, 0.4) is 0 Å². The number of hydrogen-bond acceptors (Lipinski definition) is 3. The Morgan fingerprint density at radius 2 is 1.78 bits per heavy atom. The zero-order chi connectivity index (χ0) is 13.1. The third-order valence-corrected chi connectivity index (χ3v) is 3.09. The lowest BCUT2D eigenvalue weighted by atomic mass is 9.87. The Morgan fingerprint density at radius 1 is 1.28 bits per heavy atom. The van der Waals surface area contributed by atoms with Gasteiger partial charge in [0.25, 0.3) is 0 Å². The molecule has 1 atom stereocenters. The number of carbonyl (C=O) groups is 2. The van der Waals surface area contributed by atoms with Crippen molar-refractivity contribution in [2.45, 2.75) is 39.7 Å². The molecule has 18 heavy (non-hydrogen) atoms. The zero-order valence-electron chi connectivity index (χ0n) is 11.4. The first-order chi connectivity index (χ1) is 7.82. The van der Waals surface area contributed by atoms with Crippen molar-refractivity contribution in [1.29, 1.82) is 0 Å². The third kappa shape index (κ3) is 4.82. The van der Waals surface area contributed by atoms with Crippen LogP contribution >= 0.6 is 12.4 Å². The molecule has 2 amide bonds. The fourth-order valence-corrected chi connectivity index (χ4v) is 1.74. The summed E-state index contributed by atoms with van der Waals surface area (Å²) in [5.41, 5.74) is 5.51. The highest BCUT2D eigenvalue weighted by Gasteiger charge is 2.28. The van der Waals surface area contributed by atoms with E-state index in [0.717, 1.165) is 25.9 Å². The summed E-state index contributed by atoms with van der Waals surface area (Å²) in [6.45, 7) is 7.38. The van der Waals surface area contributed by atoms with Crippen molar-refractivity contribution in [3.8, 4) is 0 Å². The van der Waals surface area contributed by atoms with Gasteiger partial charge < -0.3 is 16.0 Å². The maximum absolute atomic E-state index is 11.7. The molecular formula is C12H24ClN3O2. The van der Waals surface area contributed by atoms with Crippen LogP contribution in [0.15, 0.2) is 0 Å². The van der Waals surface area contributed by atoms with Crippen molar-refractivity contribution >= 4 is 24.2 Å². The fraction of sp³-hybridized carbons (Fsp3) is 0.833. The number of carbonyl (C=O) groups excluding carboxylic acids is 2. The molecule has 3 N–H and O–H groups in total. The van der Waals surface area contributed by atoms with Crippen LogP contribution in [0.1, 0.15) is 33.6 Å². The SMILES string of the molecule is CC(C)(C)[C@H](N)C(=O)NCC(=O)N1CCCC1.Cl. The molecule has 0 bridgehead atoms. The second-order valence-electron chi connectivity index (χ2n) is 5.65. The number of amides is 2. The van der Waals surface area contributed by atoms with E-state index in [0.29, 0.717) is 0 Å². The van der Waals surface area contributed by atoms with Gasteiger partial charge in [-0.2, -0.15) is 0 Å². The molecule has 1 heterocycles. The summed E-state index contributed by atoms with van der Waals surface area (Å²) in [5.74, 6) is -0.276. The van der Waals surface area contributed by atoms with Gasteiger partial charge in [-0.05, 0) is 18.3 Å². The number of nitrogens with two attached hydrogens (primary N) is 1. The smallest absolute Gasteiger partial charge is 0.241 e. The van der Waals surface area contributed by atoms with E-state index in [2.05, 4.69) is 5.32 Å². The predicted octanol–water partition coefficient (Wildman–Crippen LogP) is 0.520.